The monoisotopic (exact) mass is 736 g/mol. The highest BCUT2D eigenvalue weighted by molar-refractivity contribution is 7.87. The molecule has 0 fully saturated rings. The predicted molar refractivity (Wildman–Crippen MR) is 191 cm³/mol. The molecule has 6 aromatic rings. The van der Waals surface area contributed by atoms with Crippen molar-refractivity contribution in [2.45, 2.75) is 16.7 Å². The zero-order chi connectivity index (χ0) is 36.7. The number of aromatic hydroxyl groups is 1. The van der Waals surface area contributed by atoms with Crippen molar-refractivity contribution in [3.8, 4) is 17.2 Å². The number of phenolic OH excluding ortho intramolecular Hbond substituents is 1. The summed E-state index contributed by atoms with van der Waals surface area (Å²) in [6, 6.07) is 33.5. The van der Waals surface area contributed by atoms with Gasteiger partial charge in [-0.15, -0.1) is 0 Å². The molecule has 0 aliphatic carbocycles. The quantitative estimate of drug-likeness (QED) is 0.0727. The summed E-state index contributed by atoms with van der Waals surface area (Å²) < 4.78 is 69.5. The Balaban J connectivity index is 1.28. The summed E-state index contributed by atoms with van der Waals surface area (Å²) in [5, 5.41) is 27.2. The van der Waals surface area contributed by atoms with Crippen LogP contribution in [0.15, 0.2) is 164 Å². The number of fused-ring (bicyclic) bond motifs is 1. The molecule has 6 rings (SSSR count). The van der Waals surface area contributed by atoms with Crippen LogP contribution >= 0.6 is 0 Å². The molecule has 0 aliphatic heterocycles. The molecule has 13 nitrogen and oxygen atoms in total. The van der Waals surface area contributed by atoms with Crippen LogP contribution in [0.3, 0.4) is 0 Å². The average molecular weight is 737 g/mol. The molecule has 52 heavy (non-hydrogen) atoms. The van der Waals surface area contributed by atoms with E-state index in [2.05, 4.69) is 20.5 Å². The minimum atomic E-state index is -4.62. The molecule has 0 radical (unpaired) electrons. The van der Waals surface area contributed by atoms with Gasteiger partial charge in [0.2, 0.25) is 0 Å². The highest BCUT2D eigenvalue weighted by Gasteiger charge is 2.26. The van der Waals surface area contributed by atoms with Gasteiger partial charge < -0.3 is 18.2 Å². The summed E-state index contributed by atoms with van der Waals surface area (Å²) in [6.45, 7) is 1.49. The number of nitrogens with zero attached hydrogens (tertiary/aromatic N) is 4. The van der Waals surface area contributed by atoms with E-state index in [1.165, 1.54) is 48.5 Å². The Morgan fingerprint density at radius 2 is 0.981 bits per heavy atom. The third-order valence-electron chi connectivity index (χ3n) is 7.21. The van der Waals surface area contributed by atoms with Crippen molar-refractivity contribution in [1.82, 2.24) is 0 Å². The van der Waals surface area contributed by atoms with Gasteiger partial charge in [0.1, 0.15) is 27.0 Å². The van der Waals surface area contributed by atoms with E-state index >= 15 is 0 Å². The van der Waals surface area contributed by atoms with Crippen LogP contribution in [0.1, 0.15) is 17.3 Å². The molecule has 6 aromatic carbocycles. The highest BCUT2D eigenvalue weighted by Crippen LogP contribution is 2.36. The maximum absolute atomic E-state index is 13.5. The number of hydrogen-bond donors (Lipinski definition) is 1. The number of phenols is 1. The van der Waals surface area contributed by atoms with E-state index in [9.17, 15) is 26.7 Å². The molecular weight excluding hydrogens is 709 g/mol. The first-order chi connectivity index (χ1) is 25.0. The Morgan fingerprint density at radius 3 is 1.40 bits per heavy atom. The molecule has 0 bridgehead atoms. The van der Waals surface area contributed by atoms with Gasteiger partial charge in [-0.2, -0.15) is 37.3 Å². The first-order valence-electron chi connectivity index (χ1n) is 15.5. The second kappa shape index (κ2) is 15.2. The molecule has 0 amide bonds. The fraction of sp³-hybridized carbons (Fsp3) is 0.0541. The fourth-order valence-corrected chi connectivity index (χ4v) is 6.79. The van der Waals surface area contributed by atoms with Gasteiger partial charge in [0.15, 0.2) is 0 Å². The van der Waals surface area contributed by atoms with Crippen molar-refractivity contribution in [3.63, 3.8) is 0 Å². The summed E-state index contributed by atoms with van der Waals surface area (Å²) in [4.78, 5) is 12.0. The maximum Gasteiger partial charge on any atom is 0.339 e. The molecule has 1 N–H and O–H groups in total. The standard InChI is InChI=1S/C37H28N4O9S2/c1-2-48-37(43)34-23-32(51(44,45)49-30-17-13-28(14-18-30)40-38-26-9-5-3-6-10-26)21-25-22-33(24-35(42)36(25)34)52(46,47)50-31-19-15-29(16-20-31)41-39-27-11-7-4-8-12-27/h3-24,42H,2H2,1H3. The molecule has 0 saturated heterocycles. The molecule has 262 valence electrons. The summed E-state index contributed by atoms with van der Waals surface area (Å²) in [6.07, 6.45) is 0. The Hall–Kier alpha value is -6.45. The van der Waals surface area contributed by atoms with Gasteiger partial charge in [-0.25, -0.2) is 4.79 Å². The Labute approximate surface area is 298 Å². The van der Waals surface area contributed by atoms with E-state index < -0.39 is 41.7 Å². The first-order valence-corrected chi connectivity index (χ1v) is 18.3. The summed E-state index contributed by atoms with van der Waals surface area (Å²) in [5.41, 5.74) is 1.79. The largest absolute Gasteiger partial charge is 0.507 e. The number of carbonyl (C=O) groups excluding carboxylic acids is 1. The summed E-state index contributed by atoms with van der Waals surface area (Å²) >= 11 is 0. The molecule has 0 heterocycles. The molecule has 15 heteroatoms. The van der Waals surface area contributed by atoms with Gasteiger partial charge in [0.25, 0.3) is 0 Å². The Morgan fingerprint density at radius 1 is 0.577 bits per heavy atom. The Bertz CT molecular complexity index is 2510. The van der Waals surface area contributed by atoms with Crippen LogP contribution in [0.5, 0.6) is 17.2 Å². The van der Waals surface area contributed by atoms with Crippen molar-refractivity contribution < 1.29 is 39.8 Å². The first kappa shape index (κ1) is 35.4. The predicted octanol–water partition coefficient (Wildman–Crippen LogP) is 9.09. The van der Waals surface area contributed by atoms with Gasteiger partial charge in [0.05, 0.1) is 34.9 Å². The van der Waals surface area contributed by atoms with E-state index in [1.807, 2.05) is 36.4 Å². The van der Waals surface area contributed by atoms with Crippen LogP contribution in [-0.2, 0) is 25.0 Å². The molecular formula is C37H28N4O9S2. The second-order valence-corrected chi connectivity index (χ2v) is 14.0. The maximum atomic E-state index is 13.5. The van der Waals surface area contributed by atoms with Crippen molar-refractivity contribution in [3.05, 3.63) is 139 Å². The van der Waals surface area contributed by atoms with E-state index in [0.29, 0.717) is 22.7 Å². The van der Waals surface area contributed by atoms with Crippen molar-refractivity contribution >= 4 is 59.7 Å². The minimum absolute atomic E-state index is 0.0603. The minimum Gasteiger partial charge on any atom is -0.507 e. The molecule has 0 unspecified atom stereocenters. The summed E-state index contributed by atoms with van der Waals surface area (Å²) in [5.74, 6) is -1.73. The SMILES string of the molecule is CCOC(=O)c1cc(S(=O)(=O)Oc2ccc(N=Nc3ccccc3)cc2)cc2cc(S(=O)(=O)Oc3ccc(N=Nc4ccccc4)cc3)cc(O)c12. The fourth-order valence-electron chi connectivity index (χ4n) is 4.80. The molecule has 0 aromatic heterocycles. The normalized spacial score (nSPS) is 11.9. The van der Waals surface area contributed by atoms with Gasteiger partial charge in [-0.3, -0.25) is 0 Å². The Kier molecular flexibility index (Phi) is 10.3. The third kappa shape index (κ3) is 8.46. The number of esters is 1. The number of benzene rings is 6. The lowest BCUT2D eigenvalue weighted by Crippen LogP contribution is -2.13. The van der Waals surface area contributed by atoms with Crippen LogP contribution in [0.25, 0.3) is 10.8 Å². The zero-order valence-corrected chi connectivity index (χ0v) is 28.9. The van der Waals surface area contributed by atoms with Crippen molar-refractivity contribution in [2.75, 3.05) is 6.61 Å². The zero-order valence-electron chi connectivity index (χ0n) is 27.2. The highest BCUT2D eigenvalue weighted by atomic mass is 32.2. The van der Waals surface area contributed by atoms with Crippen LogP contribution in [-0.4, -0.2) is 34.5 Å². The molecule has 0 spiro atoms. The number of hydrogen-bond acceptors (Lipinski definition) is 13. The number of carbonyl (C=O) groups is 1. The second-order valence-electron chi connectivity index (χ2n) is 10.9. The van der Waals surface area contributed by atoms with Gasteiger partial charge >= 0.3 is 26.2 Å². The van der Waals surface area contributed by atoms with E-state index in [4.69, 9.17) is 13.1 Å². The van der Waals surface area contributed by atoms with E-state index in [0.717, 1.165) is 24.3 Å². The van der Waals surface area contributed by atoms with Gasteiger partial charge in [0, 0.05) is 11.5 Å². The topological polar surface area (TPSA) is 183 Å². The van der Waals surface area contributed by atoms with Crippen LogP contribution in [0.2, 0.25) is 0 Å². The number of rotatable bonds is 12. The smallest absolute Gasteiger partial charge is 0.339 e. The van der Waals surface area contributed by atoms with E-state index in [1.54, 1.807) is 31.2 Å². The number of azo groups is 2. The van der Waals surface area contributed by atoms with Crippen LogP contribution in [0, 0.1) is 0 Å². The van der Waals surface area contributed by atoms with Crippen molar-refractivity contribution in [1.29, 1.82) is 0 Å². The van der Waals surface area contributed by atoms with Gasteiger partial charge in [-0.05, 0) is 103 Å². The van der Waals surface area contributed by atoms with Gasteiger partial charge in [-0.1, -0.05) is 36.4 Å². The third-order valence-corrected chi connectivity index (χ3v) is 9.66. The lowest BCUT2D eigenvalue weighted by atomic mass is 10.0. The molecule has 0 aliphatic rings. The van der Waals surface area contributed by atoms with Crippen molar-refractivity contribution in [2.24, 2.45) is 20.5 Å². The summed E-state index contributed by atoms with van der Waals surface area (Å²) in [7, 11) is -9.21. The van der Waals surface area contributed by atoms with Crippen LogP contribution < -0.4 is 8.37 Å². The number of ether oxygens (including phenoxy) is 1. The average Bonchev–Trinajstić information content (AvgIpc) is 3.14. The molecule has 0 saturated carbocycles. The van der Waals surface area contributed by atoms with Crippen LogP contribution in [0.4, 0.5) is 22.7 Å². The lowest BCUT2D eigenvalue weighted by Gasteiger charge is -2.14. The lowest BCUT2D eigenvalue weighted by molar-refractivity contribution is 0.0528. The van der Waals surface area contributed by atoms with E-state index in [-0.39, 0.29) is 34.4 Å². The molecule has 0 atom stereocenters.